The molecule has 4 heteroatoms. The number of carbonyl (C=O) groups excluding carboxylic acids is 2. The van der Waals surface area contributed by atoms with Gasteiger partial charge in [0.2, 0.25) is 0 Å². The topological polar surface area (TPSA) is 37.4 Å². The van der Waals surface area contributed by atoms with Crippen LogP contribution in [0.15, 0.2) is 0 Å². The Bertz CT molecular complexity index is 176. The number of alkyl halides is 1. The first-order valence-corrected chi connectivity index (χ1v) is 4.82. The van der Waals surface area contributed by atoms with Crippen molar-refractivity contribution < 1.29 is 9.59 Å². The maximum absolute atomic E-state index is 11.3. The number of hydrogen-bond donors (Lipinski definition) is 0. The lowest BCUT2D eigenvalue weighted by molar-refractivity contribution is -0.131. The van der Waals surface area contributed by atoms with E-state index < -0.39 is 5.92 Å². The van der Waals surface area contributed by atoms with Crippen LogP contribution in [-0.2, 0) is 9.59 Å². The summed E-state index contributed by atoms with van der Waals surface area (Å²) in [6.07, 6.45) is 0.390. The van der Waals surface area contributed by atoms with Gasteiger partial charge in [-0.25, -0.2) is 0 Å². The Labute approximate surface area is 84.0 Å². The molecule has 0 bridgehead atoms. The van der Waals surface area contributed by atoms with Gasteiger partial charge in [0.1, 0.15) is 5.78 Å². The molecule has 0 radical (unpaired) electrons. The van der Waals surface area contributed by atoms with Gasteiger partial charge in [-0.15, -0.1) is 11.6 Å². The summed E-state index contributed by atoms with van der Waals surface area (Å²) >= 11 is 5.41. The summed E-state index contributed by atoms with van der Waals surface area (Å²) in [5, 5.41) is 0. The van der Waals surface area contributed by atoms with Gasteiger partial charge in [-0.3, -0.25) is 9.59 Å². The highest BCUT2D eigenvalue weighted by molar-refractivity contribution is 6.29. The second-order valence-electron chi connectivity index (χ2n) is 3.23. The molecule has 0 aromatic heterocycles. The number of Topliss-reactive ketones (excluding diaryl/α,β-unsaturated/α-hetero) is 2. The molecule has 0 aliphatic rings. The molecule has 0 saturated heterocycles. The van der Waals surface area contributed by atoms with Crippen LogP contribution >= 0.6 is 11.6 Å². The van der Waals surface area contributed by atoms with Gasteiger partial charge in [-0.2, -0.15) is 0 Å². The smallest absolute Gasteiger partial charge is 0.159 e. The van der Waals surface area contributed by atoms with E-state index in [2.05, 4.69) is 0 Å². The van der Waals surface area contributed by atoms with Crippen LogP contribution in [0, 0.1) is 5.92 Å². The third kappa shape index (κ3) is 4.39. The number of halogens is 1. The molecule has 0 aromatic carbocycles. The van der Waals surface area contributed by atoms with Crippen molar-refractivity contribution in [1.29, 1.82) is 0 Å². The minimum Gasteiger partial charge on any atom is -0.308 e. The number of rotatable bonds is 6. The lowest BCUT2D eigenvalue weighted by atomic mass is 9.97. The average Bonchev–Trinajstić information content (AvgIpc) is 2.11. The molecule has 0 aliphatic carbocycles. The van der Waals surface area contributed by atoms with E-state index in [1.807, 2.05) is 19.0 Å². The van der Waals surface area contributed by atoms with E-state index in [-0.39, 0.29) is 17.4 Å². The molecule has 0 N–H and O–H groups in total. The predicted octanol–water partition coefficient (Wildman–Crippen LogP) is 0.951. The third-order valence-corrected chi connectivity index (χ3v) is 2.07. The Hall–Kier alpha value is -0.410. The predicted molar refractivity (Wildman–Crippen MR) is 53.1 cm³/mol. The molecule has 0 aliphatic heterocycles. The van der Waals surface area contributed by atoms with Crippen LogP contribution in [0.1, 0.15) is 13.3 Å². The normalized spacial score (nSPS) is 13.0. The Kier molecular flexibility index (Phi) is 5.91. The maximum Gasteiger partial charge on any atom is 0.159 e. The summed E-state index contributed by atoms with van der Waals surface area (Å²) in [7, 11) is 3.66. The SMILES string of the molecule is CCC(=O)C(CN(C)C)C(=O)CCl. The fourth-order valence-electron chi connectivity index (χ4n) is 1.09. The Balaban J connectivity index is 4.36. The minimum absolute atomic E-state index is 0.0284. The summed E-state index contributed by atoms with van der Waals surface area (Å²) in [6.45, 7) is 2.21. The van der Waals surface area contributed by atoms with Crippen molar-refractivity contribution in [2.45, 2.75) is 13.3 Å². The van der Waals surface area contributed by atoms with Gasteiger partial charge in [0.15, 0.2) is 5.78 Å². The molecule has 0 saturated carbocycles. The van der Waals surface area contributed by atoms with Crippen LogP contribution in [0.5, 0.6) is 0 Å². The highest BCUT2D eigenvalue weighted by Gasteiger charge is 2.24. The number of carbonyl (C=O) groups is 2. The maximum atomic E-state index is 11.3. The summed E-state index contributed by atoms with van der Waals surface area (Å²) < 4.78 is 0. The molecule has 13 heavy (non-hydrogen) atoms. The lowest BCUT2D eigenvalue weighted by Gasteiger charge is -2.17. The molecule has 76 valence electrons. The van der Waals surface area contributed by atoms with E-state index in [0.29, 0.717) is 13.0 Å². The van der Waals surface area contributed by atoms with Crippen LogP contribution in [0.3, 0.4) is 0 Å². The van der Waals surface area contributed by atoms with E-state index in [9.17, 15) is 9.59 Å². The van der Waals surface area contributed by atoms with Crippen molar-refractivity contribution in [3.63, 3.8) is 0 Å². The highest BCUT2D eigenvalue weighted by Crippen LogP contribution is 2.06. The molecule has 0 spiro atoms. The fraction of sp³-hybridized carbons (Fsp3) is 0.778. The summed E-state index contributed by atoms with van der Waals surface area (Å²) in [5.41, 5.74) is 0. The zero-order chi connectivity index (χ0) is 10.4. The average molecular weight is 206 g/mol. The molecular formula is C9H16ClNO2. The molecule has 0 heterocycles. The highest BCUT2D eigenvalue weighted by atomic mass is 35.5. The molecule has 0 fully saturated rings. The van der Waals surface area contributed by atoms with E-state index >= 15 is 0 Å². The van der Waals surface area contributed by atoms with Crippen LogP contribution in [0.25, 0.3) is 0 Å². The van der Waals surface area contributed by atoms with Gasteiger partial charge in [0, 0.05) is 13.0 Å². The number of ketones is 2. The van der Waals surface area contributed by atoms with E-state index in [1.54, 1.807) is 6.92 Å². The monoisotopic (exact) mass is 205 g/mol. The fourth-order valence-corrected chi connectivity index (χ4v) is 1.27. The first-order chi connectivity index (χ1) is 6.02. The van der Waals surface area contributed by atoms with Crippen molar-refractivity contribution in [1.82, 2.24) is 4.90 Å². The zero-order valence-corrected chi connectivity index (χ0v) is 9.10. The molecular weight excluding hydrogens is 190 g/mol. The van der Waals surface area contributed by atoms with Gasteiger partial charge in [-0.1, -0.05) is 6.92 Å². The standard InChI is InChI=1S/C9H16ClNO2/c1-4-8(12)7(6-11(2)3)9(13)5-10/h7H,4-6H2,1-3H3. The molecule has 1 atom stereocenters. The summed E-state index contributed by atoms with van der Waals surface area (Å²) in [4.78, 5) is 24.4. The Morgan fingerprint density at radius 1 is 1.31 bits per heavy atom. The third-order valence-electron chi connectivity index (χ3n) is 1.81. The van der Waals surface area contributed by atoms with E-state index in [1.165, 1.54) is 0 Å². The van der Waals surface area contributed by atoms with Crippen molar-refractivity contribution in [3.05, 3.63) is 0 Å². The summed E-state index contributed by atoms with van der Waals surface area (Å²) in [5.74, 6) is -0.830. The van der Waals surface area contributed by atoms with Crippen molar-refractivity contribution in [2.24, 2.45) is 5.92 Å². The van der Waals surface area contributed by atoms with Crippen LogP contribution < -0.4 is 0 Å². The molecule has 0 aromatic rings. The molecule has 3 nitrogen and oxygen atoms in total. The largest absolute Gasteiger partial charge is 0.308 e. The Morgan fingerprint density at radius 2 is 1.85 bits per heavy atom. The van der Waals surface area contributed by atoms with Crippen molar-refractivity contribution >= 4 is 23.2 Å². The van der Waals surface area contributed by atoms with Crippen molar-refractivity contribution in [3.8, 4) is 0 Å². The number of hydrogen-bond acceptors (Lipinski definition) is 3. The van der Waals surface area contributed by atoms with Crippen LogP contribution in [0.2, 0.25) is 0 Å². The Morgan fingerprint density at radius 3 is 2.15 bits per heavy atom. The van der Waals surface area contributed by atoms with Gasteiger partial charge in [-0.05, 0) is 14.1 Å². The second-order valence-corrected chi connectivity index (χ2v) is 3.50. The van der Waals surface area contributed by atoms with Crippen molar-refractivity contribution in [2.75, 3.05) is 26.5 Å². The second kappa shape index (κ2) is 6.11. The van der Waals surface area contributed by atoms with Gasteiger partial charge in [0.25, 0.3) is 0 Å². The molecule has 0 amide bonds. The molecule has 0 rings (SSSR count). The summed E-state index contributed by atoms with van der Waals surface area (Å²) in [6, 6.07) is 0. The minimum atomic E-state index is -0.544. The van der Waals surface area contributed by atoms with E-state index in [0.717, 1.165) is 0 Å². The van der Waals surface area contributed by atoms with Gasteiger partial charge >= 0.3 is 0 Å². The first-order valence-electron chi connectivity index (χ1n) is 4.29. The van der Waals surface area contributed by atoms with Gasteiger partial charge < -0.3 is 4.90 Å². The number of nitrogens with zero attached hydrogens (tertiary/aromatic N) is 1. The molecule has 1 unspecified atom stereocenters. The zero-order valence-electron chi connectivity index (χ0n) is 8.34. The van der Waals surface area contributed by atoms with Crippen LogP contribution in [-0.4, -0.2) is 43.0 Å². The lowest BCUT2D eigenvalue weighted by Crippen LogP contribution is -2.34. The quantitative estimate of drug-likeness (QED) is 0.479. The van der Waals surface area contributed by atoms with E-state index in [4.69, 9.17) is 11.6 Å². The van der Waals surface area contributed by atoms with Gasteiger partial charge in [0.05, 0.1) is 11.8 Å². The van der Waals surface area contributed by atoms with Crippen LogP contribution in [0.4, 0.5) is 0 Å². The first kappa shape index (κ1) is 12.6.